The standard InChI is InChI=1S/C25H29ClF2N4O5.ClH/c26-18-6-7-19(27)24(23(18)28)37-17-11-22(35)32(13-17)20(10-15-4-2-1-3-5-15)25(36)29-21-8-9-31(30-21)12-16(34)14-33;/h6-9,11,15-16,20,33-34H,1-5,10,12-14H2,(H,29,30,36);1H. The van der Waals surface area contributed by atoms with E-state index in [4.69, 9.17) is 21.4 Å². The Kier molecular flexibility index (Phi) is 10.5. The van der Waals surface area contributed by atoms with Crippen molar-refractivity contribution >= 4 is 41.6 Å². The number of halogens is 4. The Balaban J connectivity index is 0.00000400. The Bertz CT molecular complexity index is 1170. The first-order valence-corrected chi connectivity index (χ1v) is 12.6. The van der Waals surface area contributed by atoms with Crippen molar-refractivity contribution in [3.8, 4) is 5.75 Å². The predicted octanol–water partition coefficient (Wildman–Crippen LogP) is 3.67. The number of carbonyl (C=O) groups is 2. The Morgan fingerprint density at radius 1 is 1.24 bits per heavy atom. The van der Waals surface area contributed by atoms with Gasteiger partial charge in [-0.2, -0.15) is 5.10 Å². The van der Waals surface area contributed by atoms with Gasteiger partial charge in [0.1, 0.15) is 11.8 Å². The van der Waals surface area contributed by atoms with E-state index in [0.717, 1.165) is 50.3 Å². The van der Waals surface area contributed by atoms with Crippen LogP contribution in [0.5, 0.6) is 5.75 Å². The number of nitrogens with zero attached hydrogens (tertiary/aromatic N) is 3. The highest BCUT2D eigenvalue weighted by atomic mass is 35.5. The molecule has 13 heteroatoms. The summed E-state index contributed by atoms with van der Waals surface area (Å²) >= 11 is 5.74. The summed E-state index contributed by atoms with van der Waals surface area (Å²) in [6.45, 7) is -0.529. The Hall–Kier alpha value is -2.73. The monoisotopic (exact) mass is 574 g/mol. The van der Waals surface area contributed by atoms with E-state index < -0.39 is 48.0 Å². The number of amides is 2. The zero-order chi connectivity index (χ0) is 26.5. The number of aliphatic hydroxyl groups is 2. The lowest BCUT2D eigenvalue weighted by Crippen LogP contribution is -2.46. The number of aliphatic hydroxyl groups excluding tert-OH is 2. The summed E-state index contributed by atoms with van der Waals surface area (Å²) in [4.78, 5) is 27.6. The Morgan fingerprint density at radius 3 is 2.68 bits per heavy atom. The largest absolute Gasteiger partial charge is 0.453 e. The summed E-state index contributed by atoms with van der Waals surface area (Å²) in [5.41, 5.74) is 0. The van der Waals surface area contributed by atoms with Crippen molar-refractivity contribution in [2.24, 2.45) is 5.92 Å². The fourth-order valence-corrected chi connectivity index (χ4v) is 4.85. The quantitative estimate of drug-likeness (QED) is 0.373. The van der Waals surface area contributed by atoms with Crippen LogP contribution in [0.4, 0.5) is 14.6 Å². The molecule has 208 valence electrons. The minimum atomic E-state index is -1.08. The summed E-state index contributed by atoms with van der Waals surface area (Å²) in [5, 5.41) is 25.2. The van der Waals surface area contributed by atoms with Gasteiger partial charge in [-0.25, -0.2) is 8.78 Å². The fraction of sp³-hybridized carbons (Fsp3) is 0.480. The minimum Gasteiger partial charge on any atom is -0.453 e. The van der Waals surface area contributed by atoms with Gasteiger partial charge in [0.15, 0.2) is 23.2 Å². The molecule has 1 aromatic heterocycles. The Labute approximate surface area is 229 Å². The third-order valence-electron chi connectivity index (χ3n) is 6.59. The van der Waals surface area contributed by atoms with Crippen LogP contribution in [-0.4, -0.2) is 62.0 Å². The molecule has 2 amide bonds. The van der Waals surface area contributed by atoms with E-state index in [1.165, 1.54) is 9.58 Å². The third-order valence-corrected chi connectivity index (χ3v) is 6.88. The van der Waals surface area contributed by atoms with Crippen molar-refractivity contribution in [3.63, 3.8) is 0 Å². The lowest BCUT2D eigenvalue weighted by molar-refractivity contribution is -0.134. The molecule has 2 atom stereocenters. The number of nitrogens with one attached hydrogen (secondary N) is 1. The first-order valence-electron chi connectivity index (χ1n) is 12.2. The summed E-state index contributed by atoms with van der Waals surface area (Å²) in [6.07, 6.45) is 7.19. The SMILES string of the molecule is Cl.O=C(Nc1ccn(CC(O)CO)n1)C(CC1CCCCC1)N1CC(Oc2c(F)ccc(Cl)c2F)=CC1=O. The Morgan fingerprint density at radius 2 is 1.97 bits per heavy atom. The van der Waals surface area contributed by atoms with Gasteiger partial charge in [0.05, 0.1) is 30.8 Å². The zero-order valence-electron chi connectivity index (χ0n) is 20.5. The van der Waals surface area contributed by atoms with Crippen LogP contribution in [0.2, 0.25) is 5.02 Å². The van der Waals surface area contributed by atoms with Gasteiger partial charge in [-0.3, -0.25) is 14.3 Å². The summed E-state index contributed by atoms with van der Waals surface area (Å²) in [6, 6.07) is 2.71. The van der Waals surface area contributed by atoms with E-state index in [9.17, 15) is 23.5 Å². The van der Waals surface area contributed by atoms with Gasteiger partial charge < -0.3 is 25.2 Å². The van der Waals surface area contributed by atoms with E-state index in [-0.39, 0.29) is 48.0 Å². The molecule has 0 bridgehead atoms. The molecule has 2 aromatic rings. The maximum absolute atomic E-state index is 14.3. The van der Waals surface area contributed by atoms with Crippen molar-refractivity contribution < 1.29 is 33.3 Å². The van der Waals surface area contributed by atoms with Gasteiger partial charge in [0.2, 0.25) is 5.91 Å². The molecule has 1 saturated carbocycles. The highest BCUT2D eigenvalue weighted by Crippen LogP contribution is 2.33. The van der Waals surface area contributed by atoms with Crippen molar-refractivity contribution in [3.05, 3.63) is 52.9 Å². The van der Waals surface area contributed by atoms with Gasteiger partial charge in [-0.15, -0.1) is 12.4 Å². The molecule has 0 spiro atoms. The average Bonchev–Trinajstić information content (AvgIpc) is 3.48. The molecule has 1 fully saturated rings. The molecule has 4 rings (SSSR count). The maximum atomic E-state index is 14.3. The first-order chi connectivity index (χ1) is 17.7. The summed E-state index contributed by atoms with van der Waals surface area (Å²) < 4.78 is 35.3. The fourth-order valence-electron chi connectivity index (χ4n) is 4.70. The molecule has 1 aromatic carbocycles. The molecular formula is C25H30Cl2F2N4O5. The molecule has 2 aliphatic rings. The third kappa shape index (κ3) is 7.22. The highest BCUT2D eigenvalue weighted by Gasteiger charge is 2.37. The van der Waals surface area contributed by atoms with Gasteiger partial charge in [-0.05, 0) is 24.5 Å². The van der Waals surface area contributed by atoms with Gasteiger partial charge >= 0.3 is 0 Å². The lowest BCUT2D eigenvalue weighted by atomic mass is 9.84. The predicted molar refractivity (Wildman–Crippen MR) is 138 cm³/mol. The van der Waals surface area contributed by atoms with Crippen LogP contribution in [0.15, 0.2) is 36.2 Å². The van der Waals surface area contributed by atoms with Crippen LogP contribution >= 0.6 is 24.0 Å². The molecule has 0 radical (unpaired) electrons. The average molecular weight is 575 g/mol. The van der Waals surface area contributed by atoms with Crippen LogP contribution in [0.1, 0.15) is 38.5 Å². The van der Waals surface area contributed by atoms with Gasteiger partial charge in [0, 0.05) is 18.3 Å². The number of hydrogen-bond donors (Lipinski definition) is 3. The molecule has 3 N–H and O–H groups in total. The smallest absolute Gasteiger partial charge is 0.251 e. The summed E-state index contributed by atoms with van der Waals surface area (Å²) in [5.74, 6) is -3.26. The highest BCUT2D eigenvalue weighted by molar-refractivity contribution is 6.30. The second kappa shape index (κ2) is 13.4. The summed E-state index contributed by atoms with van der Waals surface area (Å²) in [7, 11) is 0. The van der Waals surface area contributed by atoms with Crippen LogP contribution in [0.25, 0.3) is 0 Å². The molecule has 9 nitrogen and oxygen atoms in total. The van der Waals surface area contributed by atoms with Crippen LogP contribution in [0, 0.1) is 17.6 Å². The van der Waals surface area contributed by atoms with Crippen molar-refractivity contribution in [2.75, 3.05) is 18.5 Å². The second-order valence-corrected chi connectivity index (χ2v) is 9.76. The number of benzene rings is 1. The molecule has 2 unspecified atom stereocenters. The number of anilines is 1. The van der Waals surface area contributed by atoms with Crippen molar-refractivity contribution in [1.82, 2.24) is 14.7 Å². The molecule has 38 heavy (non-hydrogen) atoms. The number of rotatable bonds is 10. The topological polar surface area (TPSA) is 117 Å². The lowest BCUT2D eigenvalue weighted by Gasteiger charge is -2.31. The number of hydrogen-bond acceptors (Lipinski definition) is 6. The number of aromatic nitrogens is 2. The molecule has 2 heterocycles. The minimum absolute atomic E-state index is 0. The van der Waals surface area contributed by atoms with E-state index in [0.29, 0.717) is 6.42 Å². The molecule has 1 aliphatic heterocycles. The first kappa shape index (κ1) is 29.8. The maximum Gasteiger partial charge on any atom is 0.251 e. The molecule has 0 saturated heterocycles. The van der Waals surface area contributed by atoms with Crippen LogP contribution in [0.3, 0.4) is 0 Å². The second-order valence-electron chi connectivity index (χ2n) is 9.36. The number of ether oxygens (including phenoxy) is 1. The van der Waals surface area contributed by atoms with Crippen LogP contribution < -0.4 is 10.1 Å². The molecular weight excluding hydrogens is 545 g/mol. The normalized spacial score (nSPS) is 17.6. The van der Waals surface area contributed by atoms with E-state index >= 15 is 0 Å². The van der Waals surface area contributed by atoms with Crippen LogP contribution in [-0.2, 0) is 16.1 Å². The van der Waals surface area contributed by atoms with Crippen molar-refractivity contribution in [1.29, 1.82) is 0 Å². The van der Waals surface area contributed by atoms with Gasteiger partial charge in [0.25, 0.3) is 5.91 Å². The zero-order valence-corrected chi connectivity index (χ0v) is 22.1. The van der Waals surface area contributed by atoms with E-state index in [2.05, 4.69) is 10.4 Å². The van der Waals surface area contributed by atoms with Gasteiger partial charge in [-0.1, -0.05) is 43.7 Å². The van der Waals surface area contributed by atoms with E-state index in [1.807, 2.05) is 0 Å². The van der Waals surface area contributed by atoms with E-state index in [1.54, 1.807) is 12.3 Å². The molecule has 1 aliphatic carbocycles. The van der Waals surface area contributed by atoms with Crippen molar-refractivity contribution in [2.45, 2.75) is 57.2 Å². The number of carbonyl (C=O) groups excluding carboxylic acids is 2.